The third-order valence-corrected chi connectivity index (χ3v) is 2.82. The maximum atomic E-state index is 11.8. The molecule has 0 radical (unpaired) electrons. The van der Waals surface area contributed by atoms with Gasteiger partial charge in [0.2, 0.25) is 0 Å². The van der Waals surface area contributed by atoms with Crippen LogP contribution in [0, 0.1) is 6.92 Å². The quantitative estimate of drug-likeness (QED) is 0.674. The summed E-state index contributed by atoms with van der Waals surface area (Å²) in [6, 6.07) is 8.11. The number of halogens is 1. The van der Waals surface area contributed by atoms with Crippen LogP contribution in [0.1, 0.15) is 21.9 Å². The standard InChI is InChI=1S/C13H11BrN2O3/c1-8-2-4-10(19-8)7-15-16-13(18)11-6-9(14)3-5-12(11)17/h2-7,17H,1H3,(H,16,18)/b15-7+. The number of carbonyl (C=O) groups is 1. The number of aromatic hydroxyl groups is 1. The molecule has 0 fully saturated rings. The van der Waals surface area contributed by atoms with Gasteiger partial charge in [0.1, 0.15) is 17.3 Å². The fourth-order valence-corrected chi connectivity index (χ4v) is 1.79. The number of furan rings is 1. The number of aryl methyl sites for hydroxylation is 1. The van der Waals surface area contributed by atoms with Gasteiger partial charge < -0.3 is 9.52 Å². The maximum Gasteiger partial charge on any atom is 0.275 e. The van der Waals surface area contributed by atoms with E-state index in [0.717, 1.165) is 5.76 Å². The molecular formula is C13H11BrN2O3. The van der Waals surface area contributed by atoms with E-state index in [9.17, 15) is 9.90 Å². The van der Waals surface area contributed by atoms with Gasteiger partial charge in [-0.2, -0.15) is 5.10 Å². The van der Waals surface area contributed by atoms with E-state index in [1.54, 1.807) is 18.2 Å². The highest BCUT2D eigenvalue weighted by molar-refractivity contribution is 9.10. The Kier molecular flexibility index (Phi) is 4.01. The number of phenols is 1. The van der Waals surface area contributed by atoms with Crippen LogP contribution in [0.5, 0.6) is 5.75 Å². The van der Waals surface area contributed by atoms with E-state index >= 15 is 0 Å². The van der Waals surface area contributed by atoms with Crippen LogP contribution >= 0.6 is 15.9 Å². The van der Waals surface area contributed by atoms with Gasteiger partial charge in [-0.25, -0.2) is 5.43 Å². The van der Waals surface area contributed by atoms with Crippen LogP contribution < -0.4 is 5.43 Å². The van der Waals surface area contributed by atoms with Gasteiger partial charge in [0, 0.05) is 4.47 Å². The van der Waals surface area contributed by atoms with Gasteiger partial charge in [-0.1, -0.05) is 15.9 Å². The maximum absolute atomic E-state index is 11.8. The van der Waals surface area contributed by atoms with Crippen LogP contribution in [0.4, 0.5) is 0 Å². The largest absolute Gasteiger partial charge is 0.507 e. The van der Waals surface area contributed by atoms with Gasteiger partial charge in [0.25, 0.3) is 5.91 Å². The summed E-state index contributed by atoms with van der Waals surface area (Å²) in [5.74, 6) is 0.691. The van der Waals surface area contributed by atoms with Gasteiger partial charge in [0.05, 0.1) is 11.8 Å². The first-order chi connectivity index (χ1) is 9.06. The van der Waals surface area contributed by atoms with Crippen molar-refractivity contribution in [3.8, 4) is 5.75 Å². The van der Waals surface area contributed by atoms with Crippen LogP contribution in [0.15, 0.2) is 44.3 Å². The fraction of sp³-hybridized carbons (Fsp3) is 0.0769. The molecule has 1 aromatic carbocycles. The second kappa shape index (κ2) is 5.71. The van der Waals surface area contributed by atoms with E-state index in [1.807, 2.05) is 6.92 Å². The van der Waals surface area contributed by atoms with Crippen molar-refractivity contribution in [2.75, 3.05) is 0 Å². The van der Waals surface area contributed by atoms with E-state index in [2.05, 4.69) is 26.5 Å². The summed E-state index contributed by atoms with van der Waals surface area (Å²) in [5, 5.41) is 13.3. The number of carbonyl (C=O) groups excluding carboxylic acids is 1. The molecule has 0 spiro atoms. The molecule has 1 aromatic heterocycles. The Morgan fingerprint density at radius 3 is 2.89 bits per heavy atom. The third-order valence-electron chi connectivity index (χ3n) is 2.32. The SMILES string of the molecule is Cc1ccc(/C=N/NC(=O)c2cc(Br)ccc2O)o1. The molecule has 1 amide bonds. The summed E-state index contributed by atoms with van der Waals surface area (Å²) >= 11 is 3.23. The van der Waals surface area contributed by atoms with Crippen molar-refractivity contribution in [3.05, 3.63) is 51.9 Å². The van der Waals surface area contributed by atoms with Crippen LogP contribution in [-0.4, -0.2) is 17.2 Å². The minimum Gasteiger partial charge on any atom is -0.507 e. The highest BCUT2D eigenvalue weighted by Crippen LogP contribution is 2.21. The number of hydrazone groups is 1. The Bertz CT molecular complexity index is 635. The van der Waals surface area contributed by atoms with Crippen molar-refractivity contribution in [2.45, 2.75) is 6.92 Å². The first-order valence-electron chi connectivity index (χ1n) is 5.44. The highest BCUT2D eigenvalue weighted by atomic mass is 79.9. The smallest absolute Gasteiger partial charge is 0.275 e. The molecule has 1 heterocycles. The number of amides is 1. The number of phenolic OH excluding ortho intramolecular Hbond substituents is 1. The normalized spacial score (nSPS) is 10.8. The first-order valence-corrected chi connectivity index (χ1v) is 6.24. The second-order valence-electron chi connectivity index (χ2n) is 3.81. The molecule has 0 atom stereocenters. The van der Waals surface area contributed by atoms with E-state index < -0.39 is 5.91 Å². The minimum absolute atomic E-state index is 0.107. The van der Waals surface area contributed by atoms with Crippen LogP contribution in [0.3, 0.4) is 0 Å². The summed E-state index contributed by atoms with van der Waals surface area (Å²) in [6.07, 6.45) is 1.39. The van der Waals surface area contributed by atoms with Crippen LogP contribution in [-0.2, 0) is 0 Å². The van der Waals surface area contributed by atoms with Crippen molar-refractivity contribution in [1.29, 1.82) is 0 Å². The monoisotopic (exact) mass is 322 g/mol. The Labute approximate surface area is 118 Å². The topological polar surface area (TPSA) is 74.8 Å². The Hall–Kier alpha value is -2.08. The molecule has 0 bridgehead atoms. The lowest BCUT2D eigenvalue weighted by atomic mass is 10.2. The Morgan fingerprint density at radius 2 is 2.21 bits per heavy atom. The highest BCUT2D eigenvalue weighted by Gasteiger charge is 2.10. The average Bonchev–Trinajstić information content (AvgIpc) is 2.78. The number of hydrogen-bond acceptors (Lipinski definition) is 4. The lowest BCUT2D eigenvalue weighted by Crippen LogP contribution is -2.17. The van der Waals surface area contributed by atoms with E-state index in [4.69, 9.17) is 4.42 Å². The fourth-order valence-electron chi connectivity index (χ4n) is 1.43. The average molecular weight is 323 g/mol. The Morgan fingerprint density at radius 1 is 1.42 bits per heavy atom. The molecular weight excluding hydrogens is 312 g/mol. The molecule has 0 aliphatic carbocycles. The van der Waals surface area contributed by atoms with Gasteiger partial charge in [-0.15, -0.1) is 0 Å². The summed E-state index contributed by atoms with van der Waals surface area (Å²) in [4.78, 5) is 11.8. The molecule has 2 rings (SSSR count). The molecule has 0 aliphatic heterocycles. The number of rotatable bonds is 3. The van der Waals surface area contributed by atoms with Gasteiger partial charge >= 0.3 is 0 Å². The zero-order chi connectivity index (χ0) is 13.8. The number of hydrogen-bond donors (Lipinski definition) is 2. The predicted molar refractivity (Wildman–Crippen MR) is 74.3 cm³/mol. The summed E-state index contributed by atoms with van der Waals surface area (Å²) < 4.78 is 5.95. The van der Waals surface area contributed by atoms with Crippen molar-refractivity contribution in [3.63, 3.8) is 0 Å². The lowest BCUT2D eigenvalue weighted by Gasteiger charge is -2.03. The molecule has 0 unspecified atom stereocenters. The molecule has 0 saturated heterocycles. The zero-order valence-corrected chi connectivity index (χ0v) is 11.6. The van der Waals surface area contributed by atoms with E-state index in [0.29, 0.717) is 10.2 Å². The van der Waals surface area contributed by atoms with Gasteiger partial charge in [-0.05, 0) is 37.3 Å². The van der Waals surface area contributed by atoms with Crippen molar-refractivity contribution >= 4 is 28.1 Å². The van der Waals surface area contributed by atoms with E-state index in [-0.39, 0.29) is 11.3 Å². The molecule has 6 heteroatoms. The van der Waals surface area contributed by atoms with Gasteiger partial charge in [0.15, 0.2) is 0 Å². The molecule has 0 aliphatic rings. The molecule has 0 saturated carbocycles. The summed E-state index contributed by atoms with van der Waals surface area (Å²) in [5.41, 5.74) is 2.46. The third kappa shape index (κ3) is 3.45. The number of nitrogens with zero attached hydrogens (tertiary/aromatic N) is 1. The molecule has 2 N–H and O–H groups in total. The van der Waals surface area contributed by atoms with Crippen LogP contribution in [0.2, 0.25) is 0 Å². The van der Waals surface area contributed by atoms with Crippen LogP contribution in [0.25, 0.3) is 0 Å². The summed E-state index contributed by atoms with van der Waals surface area (Å²) in [6.45, 7) is 1.81. The first kappa shape index (κ1) is 13.4. The molecule has 19 heavy (non-hydrogen) atoms. The van der Waals surface area contributed by atoms with Gasteiger partial charge in [-0.3, -0.25) is 4.79 Å². The second-order valence-corrected chi connectivity index (χ2v) is 4.72. The summed E-state index contributed by atoms with van der Waals surface area (Å²) in [7, 11) is 0. The van der Waals surface area contributed by atoms with Crippen molar-refractivity contribution in [1.82, 2.24) is 5.43 Å². The molecule has 2 aromatic rings. The van der Waals surface area contributed by atoms with Crippen molar-refractivity contribution < 1.29 is 14.3 Å². The predicted octanol–water partition coefficient (Wildman–Crippen LogP) is 2.82. The zero-order valence-electron chi connectivity index (χ0n) is 10.1. The lowest BCUT2D eigenvalue weighted by molar-refractivity contribution is 0.0952. The Balaban J connectivity index is 2.05. The molecule has 98 valence electrons. The molecule has 5 nitrogen and oxygen atoms in total. The minimum atomic E-state index is -0.502. The van der Waals surface area contributed by atoms with Crippen molar-refractivity contribution in [2.24, 2.45) is 5.10 Å². The number of benzene rings is 1. The van der Waals surface area contributed by atoms with E-state index in [1.165, 1.54) is 18.3 Å². The number of nitrogens with one attached hydrogen (secondary N) is 1.